The third-order valence-electron chi connectivity index (χ3n) is 1.75. The second kappa shape index (κ2) is 3.02. The molecule has 0 atom stereocenters. The predicted molar refractivity (Wildman–Crippen MR) is 46.5 cm³/mol. The minimum atomic E-state index is -1.27. The number of aromatic nitrogens is 2. The lowest BCUT2D eigenvalue weighted by Gasteiger charge is -1.98. The molecule has 5 heteroatoms. The van der Waals surface area contributed by atoms with Crippen LogP contribution in [0.4, 0.5) is 4.39 Å². The second-order valence-corrected chi connectivity index (χ2v) is 2.68. The van der Waals surface area contributed by atoms with Crippen LogP contribution < -0.4 is 0 Å². The molecule has 0 fully saturated rings. The van der Waals surface area contributed by atoms with Gasteiger partial charge in [-0.15, -0.1) is 0 Å². The van der Waals surface area contributed by atoms with E-state index in [2.05, 4.69) is 9.97 Å². The van der Waals surface area contributed by atoms with Crippen molar-refractivity contribution in [1.82, 2.24) is 9.97 Å². The Morgan fingerprint density at radius 1 is 1.43 bits per heavy atom. The molecular weight excluding hydrogens is 187 g/mol. The molecule has 0 bridgehead atoms. The Morgan fingerprint density at radius 2 is 2.21 bits per heavy atom. The van der Waals surface area contributed by atoms with Crippen LogP contribution in [0.3, 0.4) is 0 Å². The van der Waals surface area contributed by atoms with E-state index < -0.39 is 17.6 Å². The molecule has 4 nitrogen and oxygen atoms in total. The molecule has 0 saturated heterocycles. The topological polar surface area (TPSA) is 63.1 Å². The molecule has 0 radical (unpaired) electrons. The Balaban J connectivity index is 2.76. The van der Waals surface area contributed by atoms with E-state index in [0.717, 1.165) is 0 Å². The number of halogens is 1. The molecule has 2 rings (SSSR count). The minimum Gasteiger partial charge on any atom is -0.475 e. The van der Waals surface area contributed by atoms with Crippen molar-refractivity contribution in [2.75, 3.05) is 0 Å². The number of carbonyl (C=O) groups is 1. The van der Waals surface area contributed by atoms with Crippen molar-refractivity contribution >= 4 is 16.9 Å². The average molecular weight is 192 g/mol. The molecular formula is C9H5FN2O2. The fraction of sp³-hybridized carbons (Fsp3) is 0. The summed E-state index contributed by atoms with van der Waals surface area (Å²) in [6.45, 7) is 0. The Kier molecular flexibility index (Phi) is 1.85. The molecule has 0 saturated carbocycles. The molecule has 0 aliphatic heterocycles. The quantitative estimate of drug-likeness (QED) is 0.743. The van der Waals surface area contributed by atoms with Gasteiger partial charge in [0.15, 0.2) is 0 Å². The Morgan fingerprint density at radius 3 is 2.93 bits per heavy atom. The van der Waals surface area contributed by atoms with Crippen molar-refractivity contribution in [3.05, 3.63) is 36.0 Å². The lowest BCUT2D eigenvalue weighted by molar-refractivity contribution is 0.0684. The number of hydrogen-bond donors (Lipinski definition) is 1. The van der Waals surface area contributed by atoms with Crippen LogP contribution >= 0.6 is 0 Å². The van der Waals surface area contributed by atoms with Crippen LogP contribution in [0, 0.1) is 5.82 Å². The number of fused-ring (bicyclic) bond motifs is 1. The van der Waals surface area contributed by atoms with Gasteiger partial charge in [0.1, 0.15) is 11.3 Å². The highest BCUT2D eigenvalue weighted by atomic mass is 19.1. The zero-order valence-electron chi connectivity index (χ0n) is 6.94. The van der Waals surface area contributed by atoms with E-state index in [1.165, 1.54) is 18.3 Å². The van der Waals surface area contributed by atoms with Crippen LogP contribution in [0.1, 0.15) is 10.6 Å². The highest BCUT2D eigenvalue weighted by molar-refractivity contribution is 5.87. The summed E-state index contributed by atoms with van der Waals surface area (Å²) in [5.41, 5.74) is 0.0277. The van der Waals surface area contributed by atoms with Gasteiger partial charge >= 0.3 is 5.97 Å². The third kappa shape index (κ3) is 1.28. The average Bonchev–Trinajstić information content (AvgIpc) is 2.18. The number of rotatable bonds is 1. The molecule has 0 amide bonds. The number of carboxylic acid groups (broad SMARTS) is 1. The van der Waals surface area contributed by atoms with Gasteiger partial charge in [0.2, 0.25) is 5.82 Å². The zero-order chi connectivity index (χ0) is 10.1. The maximum Gasteiger partial charge on any atom is 0.373 e. The maximum atomic E-state index is 13.1. The van der Waals surface area contributed by atoms with E-state index in [1.54, 1.807) is 6.07 Å². The summed E-state index contributed by atoms with van der Waals surface area (Å²) in [5, 5.41) is 9.07. The number of nitrogens with zero attached hydrogens (tertiary/aromatic N) is 2. The van der Waals surface area contributed by atoms with Crippen molar-refractivity contribution in [2.24, 2.45) is 0 Å². The van der Waals surface area contributed by atoms with Gasteiger partial charge in [-0.05, 0) is 6.07 Å². The minimum absolute atomic E-state index is 0.0277. The van der Waals surface area contributed by atoms with E-state index in [9.17, 15) is 9.18 Å². The summed E-state index contributed by atoms with van der Waals surface area (Å²) in [7, 11) is 0. The number of benzene rings is 1. The first-order valence-corrected chi connectivity index (χ1v) is 3.83. The summed E-state index contributed by atoms with van der Waals surface area (Å²) in [4.78, 5) is 17.7. The summed E-state index contributed by atoms with van der Waals surface area (Å²) in [6, 6.07) is 4.35. The fourth-order valence-electron chi connectivity index (χ4n) is 1.12. The molecule has 0 unspecified atom stereocenters. The summed E-state index contributed by atoms with van der Waals surface area (Å²) in [6.07, 6.45) is 1.29. The van der Waals surface area contributed by atoms with Crippen molar-refractivity contribution in [3.63, 3.8) is 0 Å². The van der Waals surface area contributed by atoms with Crippen LogP contribution in [-0.2, 0) is 0 Å². The second-order valence-electron chi connectivity index (χ2n) is 2.68. The van der Waals surface area contributed by atoms with Gasteiger partial charge in [0.25, 0.3) is 0 Å². The van der Waals surface area contributed by atoms with Crippen LogP contribution in [-0.4, -0.2) is 21.0 Å². The van der Waals surface area contributed by atoms with Crippen molar-refractivity contribution in [1.29, 1.82) is 0 Å². The van der Waals surface area contributed by atoms with Gasteiger partial charge < -0.3 is 5.11 Å². The van der Waals surface area contributed by atoms with E-state index >= 15 is 0 Å². The zero-order valence-corrected chi connectivity index (χ0v) is 6.94. The molecule has 1 aromatic carbocycles. The smallest absolute Gasteiger partial charge is 0.373 e. The van der Waals surface area contributed by atoms with Gasteiger partial charge in [-0.3, -0.25) is 0 Å². The molecule has 1 heterocycles. The lowest BCUT2D eigenvalue weighted by Crippen LogP contribution is -2.04. The monoisotopic (exact) mass is 192 g/mol. The number of aromatic carboxylic acids is 1. The van der Waals surface area contributed by atoms with E-state index in [1.807, 2.05) is 0 Å². The van der Waals surface area contributed by atoms with Gasteiger partial charge in [-0.1, -0.05) is 12.1 Å². The summed E-state index contributed by atoms with van der Waals surface area (Å²) in [5.74, 6) is -2.22. The molecule has 2 aromatic rings. The SMILES string of the molecule is O=C(O)c1ncc2cccc(F)c2n1. The van der Waals surface area contributed by atoms with Gasteiger partial charge in [0.05, 0.1) is 0 Å². The maximum absolute atomic E-state index is 13.1. The normalized spacial score (nSPS) is 10.4. The lowest BCUT2D eigenvalue weighted by atomic mass is 10.2. The number of carboxylic acids is 1. The van der Waals surface area contributed by atoms with Gasteiger partial charge in [-0.25, -0.2) is 19.2 Å². The highest BCUT2D eigenvalue weighted by Crippen LogP contribution is 2.13. The van der Waals surface area contributed by atoms with E-state index in [0.29, 0.717) is 5.39 Å². The first kappa shape index (κ1) is 8.55. The Labute approximate surface area is 78.0 Å². The van der Waals surface area contributed by atoms with Crippen LogP contribution in [0.25, 0.3) is 10.9 Å². The van der Waals surface area contributed by atoms with Crippen molar-refractivity contribution in [3.8, 4) is 0 Å². The van der Waals surface area contributed by atoms with Gasteiger partial charge in [-0.2, -0.15) is 0 Å². The van der Waals surface area contributed by atoms with Crippen LogP contribution in [0.15, 0.2) is 24.4 Å². The highest BCUT2D eigenvalue weighted by Gasteiger charge is 2.09. The molecule has 0 aliphatic rings. The molecule has 1 N–H and O–H groups in total. The molecule has 0 aliphatic carbocycles. The van der Waals surface area contributed by atoms with Gasteiger partial charge in [0, 0.05) is 11.6 Å². The summed E-state index contributed by atoms with van der Waals surface area (Å²) < 4.78 is 13.1. The van der Waals surface area contributed by atoms with E-state index in [-0.39, 0.29) is 5.52 Å². The fourth-order valence-corrected chi connectivity index (χ4v) is 1.12. The van der Waals surface area contributed by atoms with Crippen LogP contribution in [0.5, 0.6) is 0 Å². The van der Waals surface area contributed by atoms with E-state index in [4.69, 9.17) is 5.11 Å². The van der Waals surface area contributed by atoms with Crippen molar-refractivity contribution in [2.45, 2.75) is 0 Å². The Hall–Kier alpha value is -2.04. The molecule has 70 valence electrons. The van der Waals surface area contributed by atoms with Crippen LogP contribution in [0.2, 0.25) is 0 Å². The molecule has 14 heavy (non-hydrogen) atoms. The third-order valence-corrected chi connectivity index (χ3v) is 1.75. The molecule has 1 aromatic heterocycles. The Bertz CT molecular complexity index is 513. The number of hydrogen-bond acceptors (Lipinski definition) is 3. The van der Waals surface area contributed by atoms with Crippen molar-refractivity contribution < 1.29 is 14.3 Å². The predicted octanol–water partition coefficient (Wildman–Crippen LogP) is 1.47. The number of para-hydroxylation sites is 1. The first-order chi connectivity index (χ1) is 6.68. The standard InChI is InChI=1S/C9H5FN2O2/c10-6-3-1-2-5-4-11-8(9(13)14)12-7(5)6/h1-4H,(H,13,14). The largest absolute Gasteiger partial charge is 0.475 e. The summed E-state index contributed by atoms with van der Waals surface area (Å²) >= 11 is 0. The molecule has 0 spiro atoms. The first-order valence-electron chi connectivity index (χ1n) is 3.83.